The van der Waals surface area contributed by atoms with Gasteiger partial charge in [-0.25, -0.2) is 4.98 Å². The summed E-state index contributed by atoms with van der Waals surface area (Å²) >= 11 is 6.09. The summed E-state index contributed by atoms with van der Waals surface area (Å²) in [7, 11) is 0. The van der Waals surface area contributed by atoms with Gasteiger partial charge in [0.1, 0.15) is 5.82 Å². The van der Waals surface area contributed by atoms with E-state index >= 15 is 0 Å². The van der Waals surface area contributed by atoms with Gasteiger partial charge in [0.2, 0.25) is 0 Å². The van der Waals surface area contributed by atoms with Gasteiger partial charge in [-0.05, 0) is 65.9 Å². The van der Waals surface area contributed by atoms with Gasteiger partial charge in [0.15, 0.2) is 0 Å². The second kappa shape index (κ2) is 7.85. The number of pyridine rings is 1. The van der Waals surface area contributed by atoms with E-state index in [-0.39, 0.29) is 6.61 Å². The molecule has 1 aliphatic heterocycles. The number of hydrogen-bond acceptors (Lipinski definition) is 4. The molecule has 27 heavy (non-hydrogen) atoms. The van der Waals surface area contributed by atoms with Crippen LogP contribution in [0.3, 0.4) is 0 Å². The fourth-order valence-electron chi connectivity index (χ4n) is 3.79. The summed E-state index contributed by atoms with van der Waals surface area (Å²) < 4.78 is 5.45. The van der Waals surface area contributed by atoms with Crippen molar-refractivity contribution in [2.24, 2.45) is 0 Å². The standard InChI is InChI=1S/C22H23ClN2O2/c1-15-14-20-19(6-7-21(24-20)25-9-12-27-13-10-25)22(18(15)8-11-26)16-2-4-17(23)5-3-16/h2-7,14,26H,8-13H2,1H3. The molecule has 5 heteroatoms. The number of hydrogen-bond donors (Lipinski definition) is 1. The maximum Gasteiger partial charge on any atom is 0.129 e. The van der Waals surface area contributed by atoms with Crippen molar-refractivity contribution in [3.63, 3.8) is 0 Å². The molecular weight excluding hydrogens is 360 g/mol. The first kappa shape index (κ1) is 18.2. The minimum atomic E-state index is 0.117. The van der Waals surface area contributed by atoms with Gasteiger partial charge in [-0.3, -0.25) is 0 Å². The highest BCUT2D eigenvalue weighted by Gasteiger charge is 2.17. The van der Waals surface area contributed by atoms with Crippen molar-refractivity contribution >= 4 is 28.3 Å². The average Bonchev–Trinajstić information content (AvgIpc) is 2.70. The number of nitrogens with zero attached hydrogens (tertiary/aromatic N) is 2. The molecule has 0 bridgehead atoms. The van der Waals surface area contributed by atoms with Gasteiger partial charge in [-0.1, -0.05) is 23.7 Å². The Morgan fingerprint density at radius 3 is 2.56 bits per heavy atom. The highest BCUT2D eigenvalue weighted by atomic mass is 35.5. The topological polar surface area (TPSA) is 45.6 Å². The van der Waals surface area contributed by atoms with Crippen molar-refractivity contribution in [1.82, 2.24) is 4.98 Å². The summed E-state index contributed by atoms with van der Waals surface area (Å²) in [6, 6.07) is 14.2. The molecule has 0 aliphatic carbocycles. The van der Waals surface area contributed by atoms with E-state index in [9.17, 15) is 5.11 Å². The van der Waals surface area contributed by atoms with E-state index in [2.05, 4.69) is 30.0 Å². The smallest absolute Gasteiger partial charge is 0.129 e. The zero-order chi connectivity index (χ0) is 18.8. The quantitative estimate of drug-likeness (QED) is 0.733. The number of rotatable bonds is 4. The Labute approximate surface area is 164 Å². The minimum absolute atomic E-state index is 0.117. The van der Waals surface area contributed by atoms with Crippen molar-refractivity contribution in [1.29, 1.82) is 0 Å². The molecule has 1 aliphatic rings. The molecule has 2 aromatic carbocycles. The Morgan fingerprint density at radius 2 is 1.85 bits per heavy atom. The van der Waals surface area contributed by atoms with Crippen LogP contribution in [0.1, 0.15) is 11.1 Å². The number of morpholine rings is 1. The lowest BCUT2D eigenvalue weighted by Crippen LogP contribution is -2.36. The lowest BCUT2D eigenvalue weighted by molar-refractivity contribution is 0.122. The van der Waals surface area contributed by atoms with Gasteiger partial charge >= 0.3 is 0 Å². The predicted octanol–water partition coefficient (Wildman–Crippen LogP) is 4.24. The summed E-state index contributed by atoms with van der Waals surface area (Å²) in [5, 5.41) is 11.4. The van der Waals surface area contributed by atoms with E-state index in [1.165, 1.54) is 0 Å². The first-order valence-electron chi connectivity index (χ1n) is 9.30. The summed E-state index contributed by atoms with van der Waals surface area (Å²) in [4.78, 5) is 7.21. The SMILES string of the molecule is Cc1cc2nc(N3CCOCC3)ccc2c(-c2ccc(Cl)cc2)c1CCO. The van der Waals surface area contributed by atoms with E-state index < -0.39 is 0 Å². The first-order valence-corrected chi connectivity index (χ1v) is 9.68. The molecule has 0 amide bonds. The van der Waals surface area contributed by atoms with Gasteiger partial charge in [0, 0.05) is 30.1 Å². The molecule has 1 saturated heterocycles. The Bertz CT molecular complexity index is 951. The molecule has 3 aromatic rings. The number of ether oxygens (including phenoxy) is 1. The number of aromatic nitrogens is 1. The van der Waals surface area contributed by atoms with E-state index in [1.54, 1.807) is 0 Å². The zero-order valence-corrected chi connectivity index (χ0v) is 16.2. The Kier molecular flexibility index (Phi) is 5.30. The number of aryl methyl sites for hydroxylation is 1. The van der Waals surface area contributed by atoms with Crippen LogP contribution in [0.15, 0.2) is 42.5 Å². The summed E-state index contributed by atoms with van der Waals surface area (Å²) in [6.07, 6.45) is 0.616. The molecule has 4 nitrogen and oxygen atoms in total. The first-order chi connectivity index (χ1) is 13.2. The van der Waals surface area contributed by atoms with Crippen LogP contribution in [0.2, 0.25) is 5.02 Å². The van der Waals surface area contributed by atoms with Crippen molar-refractivity contribution < 1.29 is 9.84 Å². The summed E-state index contributed by atoms with van der Waals surface area (Å²) in [5.74, 6) is 0.988. The van der Waals surface area contributed by atoms with E-state index in [0.29, 0.717) is 11.4 Å². The number of aliphatic hydroxyl groups excluding tert-OH is 1. The second-order valence-corrected chi connectivity index (χ2v) is 7.30. The number of halogens is 1. The Hall–Kier alpha value is -2.14. The normalized spacial score (nSPS) is 14.7. The number of aliphatic hydroxyl groups is 1. The molecule has 4 rings (SSSR count). The van der Waals surface area contributed by atoms with Crippen LogP contribution in [-0.4, -0.2) is 43.0 Å². The summed E-state index contributed by atoms with van der Waals surface area (Å²) in [6.45, 7) is 5.42. The molecule has 0 atom stereocenters. The van der Waals surface area contributed by atoms with Crippen molar-refractivity contribution in [3.05, 3.63) is 58.6 Å². The van der Waals surface area contributed by atoms with Crippen LogP contribution < -0.4 is 4.90 Å². The van der Waals surface area contributed by atoms with Crippen LogP contribution in [-0.2, 0) is 11.2 Å². The second-order valence-electron chi connectivity index (χ2n) is 6.86. The number of benzene rings is 2. The maximum absolute atomic E-state index is 9.59. The van der Waals surface area contributed by atoms with E-state index in [4.69, 9.17) is 21.3 Å². The lowest BCUT2D eigenvalue weighted by Gasteiger charge is -2.28. The minimum Gasteiger partial charge on any atom is -0.396 e. The largest absolute Gasteiger partial charge is 0.396 e. The molecule has 0 unspecified atom stereocenters. The monoisotopic (exact) mass is 382 g/mol. The van der Waals surface area contributed by atoms with Crippen LogP contribution in [0, 0.1) is 6.92 Å². The Balaban J connectivity index is 1.89. The maximum atomic E-state index is 9.59. The van der Waals surface area contributed by atoms with Crippen LogP contribution in [0.5, 0.6) is 0 Å². The van der Waals surface area contributed by atoms with Crippen molar-refractivity contribution in [3.8, 4) is 11.1 Å². The predicted molar refractivity (Wildman–Crippen MR) is 111 cm³/mol. The van der Waals surface area contributed by atoms with Crippen LogP contribution in [0.25, 0.3) is 22.0 Å². The molecule has 1 N–H and O–H groups in total. The highest BCUT2D eigenvalue weighted by molar-refractivity contribution is 6.30. The molecule has 0 spiro atoms. The fourth-order valence-corrected chi connectivity index (χ4v) is 3.91. The van der Waals surface area contributed by atoms with Gasteiger partial charge in [-0.2, -0.15) is 0 Å². The highest BCUT2D eigenvalue weighted by Crippen LogP contribution is 2.35. The van der Waals surface area contributed by atoms with E-state index in [0.717, 1.165) is 65.3 Å². The van der Waals surface area contributed by atoms with Gasteiger partial charge in [0.25, 0.3) is 0 Å². The summed E-state index contributed by atoms with van der Waals surface area (Å²) in [5.41, 5.74) is 5.51. The lowest BCUT2D eigenvalue weighted by atomic mass is 9.90. The molecular formula is C22H23ClN2O2. The van der Waals surface area contributed by atoms with E-state index in [1.807, 2.05) is 24.3 Å². The zero-order valence-electron chi connectivity index (χ0n) is 15.4. The third-order valence-corrected chi connectivity index (χ3v) is 5.39. The Morgan fingerprint density at radius 1 is 1.11 bits per heavy atom. The molecule has 1 aromatic heterocycles. The molecule has 0 radical (unpaired) electrons. The number of anilines is 1. The van der Waals surface area contributed by atoms with Crippen LogP contribution in [0.4, 0.5) is 5.82 Å². The van der Waals surface area contributed by atoms with Gasteiger partial charge in [-0.15, -0.1) is 0 Å². The third-order valence-electron chi connectivity index (χ3n) is 5.14. The third kappa shape index (κ3) is 3.65. The van der Waals surface area contributed by atoms with Crippen molar-refractivity contribution in [2.75, 3.05) is 37.8 Å². The molecule has 140 valence electrons. The molecule has 2 heterocycles. The van der Waals surface area contributed by atoms with Crippen molar-refractivity contribution in [2.45, 2.75) is 13.3 Å². The van der Waals surface area contributed by atoms with Crippen LogP contribution >= 0.6 is 11.6 Å². The number of fused-ring (bicyclic) bond motifs is 1. The van der Waals surface area contributed by atoms with Gasteiger partial charge in [0.05, 0.1) is 18.7 Å². The van der Waals surface area contributed by atoms with Gasteiger partial charge < -0.3 is 14.7 Å². The fraction of sp³-hybridized carbons (Fsp3) is 0.318. The molecule has 1 fully saturated rings. The molecule has 0 saturated carbocycles. The average molecular weight is 383 g/mol.